The van der Waals surface area contributed by atoms with Crippen LogP contribution in [0, 0.1) is 0 Å². The Labute approximate surface area is 181 Å². The van der Waals surface area contributed by atoms with Gasteiger partial charge in [0, 0.05) is 44.7 Å². The summed E-state index contributed by atoms with van der Waals surface area (Å²) in [6.45, 7) is 5.13. The van der Waals surface area contributed by atoms with E-state index in [1.807, 2.05) is 12.1 Å². The molecule has 0 bridgehead atoms. The lowest BCUT2D eigenvalue weighted by Gasteiger charge is -2.27. The van der Waals surface area contributed by atoms with Crippen molar-refractivity contribution in [1.29, 1.82) is 0 Å². The first kappa shape index (κ1) is 21.5. The maximum atomic E-state index is 12.8. The van der Waals surface area contributed by atoms with Gasteiger partial charge in [0.1, 0.15) is 0 Å². The second kappa shape index (κ2) is 9.57. The number of morpholine rings is 1. The lowest BCUT2D eigenvalue weighted by atomic mass is 10.1. The van der Waals surface area contributed by atoms with Crippen LogP contribution in [0.25, 0.3) is 0 Å². The van der Waals surface area contributed by atoms with Crippen LogP contribution in [0.3, 0.4) is 0 Å². The van der Waals surface area contributed by atoms with E-state index < -0.39 is 0 Å². The van der Waals surface area contributed by atoms with E-state index in [0.717, 1.165) is 56.0 Å². The SMILES string of the molecule is COc1cc(CN2CCc3nc(N4CCOCC4)[nH]c(=O)c3CC2)cc(OC)c1OC. The molecule has 2 aliphatic heterocycles. The topological polar surface area (TPSA) is 89.2 Å². The zero-order valence-electron chi connectivity index (χ0n) is 18.4. The van der Waals surface area contributed by atoms with Crippen molar-refractivity contribution in [2.45, 2.75) is 19.4 Å². The Balaban J connectivity index is 1.51. The first-order chi connectivity index (χ1) is 15.1. The van der Waals surface area contributed by atoms with E-state index in [4.69, 9.17) is 23.9 Å². The number of nitrogens with one attached hydrogen (secondary N) is 1. The summed E-state index contributed by atoms with van der Waals surface area (Å²) in [6, 6.07) is 3.95. The zero-order chi connectivity index (χ0) is 21.8. The van der Waals surface area contributed by atoms with Crippen LogP contribution in [-0.4, -0.2) is 75.6 Å². The Morgan fingerprint density at radius 1 is 1.00 bits per heavy atom. The normalized spacial score (nSPS) is 17.1. The van der Waals surface area contributed by atoms with Gasteiger partial charge in [0.05, 0.1) is 40.2 Å². The number of H-pyrrole nitrogens is 1. The average Bonchev–Trinajstić information content (AvgIpc) is 3.01. The van der Waals surface area contributed by atoms with Gasteiger partial charge in [-0.2, -0.15) is 0 Å². The molecule has 2 aliphatic rings. The molecule has 1 N–H and O–H groups in total. The number of nitrogens with zero attached hydrogens (tertiary/aromatic N) is 3. The predicted molar refractivity (Wildman–Crippen MR) is 117 cm³/mol. The molecular formula is C22H30N4O5. The fraction of sp³-hybridized carbons (Fsp3) is 0.545. The van der Waals surface area contributed by atoms with E-state index in [9.17, 15) is 4.79 Å². The van der Waals surface area contributed by atoms with Crippen molar-refractivity contribution in [3.05, 3.63) is 39.3 Å². The molecule has 168 valence electrons. The summed E-state index contributed by atoms with van der Waals surface area (Å²) >= 11 is 0. The molecule has 1 saturated heterocycles. The molecule has 0 aliphatic carbocycles. The van der Waals surface area contributed by atoms with Gasteiger partial charge in [-0.3, -0.25) is 14.7 Å². The first-order valence-electron chi connectivity index (χ1n) is 10.6. The van der Waals surface area contributed by atoms with Crippen molar-refractivity contribution in [3.63, 3.8) is 0 Å². The molecule has 0 radical (unpaired) electrons. The molecule has 0 unspecified atom stereocenters. The number of rotatable bonds is 6. The third-order valence-corrected chi connectivity index (χ3v) is 5.87. The van der Waals surface area contributed by atoms with Crippen molar-refractivity contribution in [2.24, 2.45) is 0 Å². The fourth-order valence-electron chi connectivity index (χ4n) is 4.21. The van der Waals surface area contributed by atoms with Crippen molar-refractivity contribution in [2.75, 3.05) is 65.6 Å². The van der Waals surface area contributed by atoms with Gasteiger partial charge in [0.2, 0.25) is 11.7 Å². The maximum Gasteiger partial charge on any atom is 0.255 e. The summed E-state index contributed by atoms with van der Waals surface area (Å²) in [5, 5.41) is 0. The van der Waals surface area contributed by atoms with Gasteiger partial charge in [-0.15, -0.1) is 0 Å². The van der Waals surface area contributed by atoms with Crippen LogP contribution in [0.1, 0.15) is 16.8 Å². The van der Waals surface area contributed by atoms with E-state index >= 15 is 0 Å². The third-order valence-electron chi connectivity index (χ3n) is 5.87. The van der Waals surface area contributed by atoms with Crippen molar-refractivity contribution in [1.82, 2.24) is 14.9 Å². The number of fused-ring (bicyclic) bond motifs is 1. The third kappa shape index (κ3) is 4.62. The molecule has 4 rings (SSSR count). The van der Waals surface area contributed by atoms with Gasteiger partial charge in [-0.1, -0.05) is 0 Å². The number of hydrogen-bond acceptors (Lipinski definition) is 8. The Morgan fingerprint density at radius 2 is 1.68 bits per heavy atom. The first-order valence-corrected chi connectivity index (χ1v) is 10.6. The highest BCUT2D eigenvalue weighted by Crippen LogP contribution is 2.38. The van der Waals surface area contributed by atoms with Crippen LogP contribution in [0.2, 0.25) is 0 Å². The molecule has 0 saturated carbocycles. The summed E-state index contributed by atoms with van der Waals surface area (Å²) in [5.41, 5.74) is 2.74. The average molecular weight is 431 g/mol. The Bertz CT molecular complexity index is 946. The molecule has 9 heteroatoms. The number of methoxy groups -OCH3 is 3. The highest BCUT2D eigenvalue weighted by molar-refractivity contribution is 5.53. The number of benzene rings is 1. The summed E-state index contributed by atoms with van der Waals surface area (Å²) in [6.07, 6.45) is 1.41. The Morgan fingerprint density at radius 3 is 2.32 bits per heavy atom. The van der Waals surface area contributed by atoms with Gasteiger partial charge in [-0.05, 0) is 24.1 Å². The van der Waals surface area contributed by atoms with Crippen LogP contribution in [0.5, 0.6) is 17.2 Å². The van der Waals surface area contributed by atoms with E-state index in [2.05, 4.69) is 14.8 Å². The number of aromatic amines is 1. The van der Waals surface area contributed by atoms with Crippen molar-refractivity contribution in [3.8, 4) is 17.2 Å². The highest BCUT2D eigenvalue weighted by atomic mass is 16.5. The van der Waals surface area contributed by atoms with Crippen LogP contribution < -0.4 is 24.7 Å². The second-order valence-corrected chi connectivity index (χ2v) is 7.72. The second-order valence-electron chi connectivity index (χ2n) is 7.72. The minimum Gasteiger partial charge on any atom is -0.493 e. The minimum atomic E-state index is -0.0267. The van der Waals surface area contributed by atoms with E-state index in [0.29, 0.717) is 42.8 Å². The minimum absolute atomic E-state index is 0.0267. The van der Waals surface area contributed by atoms with Crippen molar-refractivity contribution < 1.29 is 18.9 Å². The van der Waals surface area contributed by atoms with Gasteiger partial charge in [-0.25, -0.2) is 4.98 Å². The highest BCUT2D eigenvalue weighted by Gasteiger charge is 2.22. The number of hydrogen-bond donors (Lipinski definition) is 1. The van der Waals surface area contributed by atoms with Gasteiger partial charge in [0.25, 0.3) is 5.56 Å². The largest absolute Gasteiger partial charge is 0.493 e. The van der Waals surface area contributed by atoms with E-state index in [1.54, 1.807) is 21.3 Å². The summed E-state index contributed by atoms with van der Waals surface area (Å²) in [7, 11) is 4.84. The predicted octanol–water partition coefficient (Wildman–Crippen LogP) is 1.23. The monoisotopic (exact) mass is 430 g/mol. The molecular weight excluding hydrogens is 400 g/mol. The molecule has 2 aromatic rings. The molecule has 1 aromatic heterocycles. The van der Waals surface area contributed by atoms with Crippen LogP contribution in [-0.2, 0) is 24.1 Å². The van der Waals surface area contributed by atoms with Crippen LogP contribution >= 0.6 is 0 Å². The standard InChI is InChI=1S/C22H30N4O5/c1-28-18-12-15(13-19(29-2)20(18)30-3)14-25-6-4-16-17(5-7-25)23-22(24-21(16)27)26-8-10-31-11-9-26/h12-13H,4-11,14H2,1-3H3,(H,23,24,27). The summed E-state index contributed by atoms with van der Waals surface area (Å²) in [5.74, 6) is 2.53. The molecule has 31 heavy (non-hydrogen) atoms. The molecule has 9 nitrogen and oxygen atoms in total. The molecule has 0 amide bonds. The van der Waals surface area contributed by atoms with Crippen LogP contribution in [0.4, 0.5) is 5.95 Å². The van der Waals surface area contributed by atoms with E-state index in [-0.39, 0.29) is 5.56 Å². The number of anilines is 1. The molecule has 3 heterocycles. The number of ether oxygens (including phenoxy) is 4. The van der Waals surface area contributed by atoms with Gasteiger partial charge >= 0.3 is 0 Å². The van der Waals surface area contributed by atoms with Gasteiger partial charge < -0.3 is 23.8 Å². The maximum absolute atomic E-state index is 12.8. The number of aromatic nitrogens is 2. The molecule has 1 aromatic carbocycles. The fourth-order valence-corrected chi connectivity index (χ4v) is 4.21. The quantitative estimate of drug-likeness (QED) is 0.732. The van der Waals surface area contributed by atoms with E-state index in [1.165, 1.54) is 0 Å². The van der Waals surface area contributed by atoms with Gasteiger partial charge in [0.15, 0.2) is 11.5 Å². The smallest absolute Gasteiger partial charge is 0.255 e. The lowest BCUT2D eigenvalue weighted by Crippen LogP contribution is -2.38. The summed E-state index contributed by atoms with van der Waals surface area (Å²) in [4.78, 5) is 25.0. The molecule has 0 spiro atoms. The lowest BCUT2D eigenvalue weighted by molar-refractivity contribution is 0.122. The van der Waals surface area contributed by atoms with Crippen LogP contribution in [0.15, 0.2) is 16.9 Å². The zero-order valence-corrected chi connectivity index (χ0v) is 18.4. The molecule has 1 fully saturated rings. The Hall–Kier alpha value is -2.78. The molecule has 0 atom stereocenters. The van der Waals surface area contributed by atoms with Crippen molar-refractivity contribution >= 4 is 5.95 Å². The Kier molecular flexibility index (Phi) is 6.62. The summed E-state index contributed by atoms with van der Waals surface area (Å²) < 4.78 is 21.8.